The third kappa shape index (κ3) is 5.01. The monoisotopic (exact) mass is 502 g/mol. The predicted molar refractivity (Wildman–Crippen MR) is 134 cm³/mol. The van der Waals surface area contributed by atoms with Gasteiger partial charge in [-0.3, -0.25) is 9.63 Å². The zero-order chi connectivity index (χ0) is 25.2. The second-order valence-corrected chi connectivity index (χ2v) is 9.98. The summed E-state index contributed by atoms with van der Waals surface area (Å²) in [4.78, 5) is 19.8. The lowest BCUT2D eigenvalue weighted by Crippen LogP contribution is -2.26. The predicted octanol–water partition coefficient (Wildman–Crippen LogP) is 4.33. The highest BCUT2D eigenvalue weighted by Crippen LogP contribution is 2.35. The molecule has 0 radical (unpaired) electrons. The van der Waals surface area contributed by atoms with E-state index >= 15 is 0 Å². The third-order valence-corrected chi connectivity index (χ3v) is 6.84. The van der Waals surface area contributed by atoms with Crippen LogP contribution in [0.25, 0.3) is 16.9 Å². The van der Waals surface area contributed by atoms with E-state index in [0.717, 1.165) is 16.8 Å². The van der Waals surface area contributed by atoms with Gasteiger partial charge in [0.15, 0.2) is 0 Å². The first-order valence-electron chi connectivity index (χ1n) is 10.3. The standard InChI is InChI=1S/C24H27ClN4O4S/c1-16-22(24(30)28(5)33-6)17(2)29(23(16)18-7-9-19(25)10-8-18)20-11-13-21(14-12-20)34(31,32)26-15-27(3)4/h7-15H,1-6H3. The van der Waals surface area contributed by atoms with Gasteiger partial charge in [-0.1, -0.05) is 23.7 Å². The summed E-state index contributed by atoms with van der Waals surface area (Å²) in [5.74, 6) is -0.288. The Kier molecular flexibility index (Phi) is 7.50. The summed E-state index contributed by atoms with van der Waals surface area (Å²) < 4.78 is 30.6. The van der Waals surface area contributed by atoms with E-state index in [1.165, 1.54) is 30.6 Å². The Balaban J connectivity index is 2.21. The number of rotatable bonds is 7. The minimum absolute atomic E-state index is 0.0688. The highest BCUT2D eigenvalue weighted by Gasteiger charge is 2.26. The van der Waals surface area contributed by atoms with Crippen LogP contribution in [-0.4, -0.2) is 63.4 Å². The summed E-state index contributed by atoms with van der Waals surface area (Å²) >= 11 is 6.09. The van der Waals surface area contributed by atoms with E-state index in [0.29, 0.717) is 22.0 Å². The van der Waals surface area contributed by atoms with E-state index < -0.39 is 10.0 Å². The number of halogens is 1. The number of benzene rings is 2. The first-order chi connectivity index (χ1) is 16.0. The molecular formula is C24H27ClN4O4S. The van der Waals surface area contributed by atoms with E-state index in [2.05, 4.69) is 4.40 Å². The van der Waals surface area contributed by atoms with Gasteiger partial charge in [0, 0.05) is 37.5 Å². The van der Waals surface area contributed by atoms with Crippen LogP contribution in [0.2, 0.25) is 5.02 Å². The van der Waals surface area contributed by atoms with E-state index in [9.17, 15) is 13.2 Å². The van der Waals surface area contributed by atoms with Crippen LogP contribution in [0, 0.1) is 13.8 Å². The van der Waals surface area contributed by atoms with Gasteiger partial charge in [-0.05, 0) is 61.4 Å². The Morgan fingerprint density at radius 3 is 2.15 bits per heavy atom. The Morgan fingerprint density at radius 2 is 1.62 bits per heavy atom. The lowest BCUT2D eigenvalue weighted by Gasteiger charge is -2.15. The topological polar surface area (TPSA) is 84.2 Å². The van der Waals surface area contributed by atoms with Gasteiger partial charge in [0.05, 0.1) is 23.3 Å². The molecule has 1 heterocycles. The summed E-state index contributed by atoms with van der Waals surface area (Å²) in [5, 5.41) is 1.77. The highest BCUT2D eigenvalue weighted by molar-refractivity contribution is 7.90. The fourth-order valence-corrected chi connectivity index (χ4v) is 4.69. The van der Waals surface area contributed by atoms with Crippen molar-refractivity contribution in [3.05, 3.63) is 70.4 Å². The van der Waals surface area contributed by atoms with E-state index in [1.807, 2.05) is 30.5 Å². The molecule has 0 aliphatic rings. The molecule has 8 nitrogen and oxygen atoms in total. The number of sulfonamides is 1. The third-order valence-electron chi connectivity index (χ3n) is 5.35. The van der Waals surface area contributed by atoms with E-state index in [-0.39, 0.29) is 10.8 Å². The maximum absolute atomic E-state index is 13.1. The number of hydrogen-bond acceptors (Lipinski definition) is 4. The molecule has 3 rings (SSSR count). The smallest absolute Gasteiger partial charge is 0.283 e. The van der Waals surface area contributed by atoms with Crippen LogP contribution in [0.1, 0.15) is 21.6 Å². The van der Waals surface area contributed by atoms with E-state index in [4.69, 9.17) is 16.4 Å². The molecule has 0 N–H and O–H groups in total. The first-order valence-corrected chi connectivity index (χ1v) is 12.2. The van der Waals surface area contributed by atoms with Gasteiger partial charge < -0.3 is 9.47 Å². The number of carbonyl (C=O) groups is 1. The number of amides is 1. The average molecular weight is 503 g/mol. The van der Waals surface area contributed by atoms with Crippen molar-refractivity contribution < 1.29 is 18.0 Å². The van der Waals surface area contributed by atoms with Gasteiger partial charge in [-0.25, -0.2) is 5.06 Å². The van der Waals surface area contributed by atoms with Crippen LogP contribution in [-0.2, 0) is 14.9 Å². The molecule has 0 unspecified atom stereocenters. The number of carbonyl (C=O) groups excluding carboxylic acids is 1. The summed E-state index contributed by atoms with van der Waals surface area (Å²) in [7, 11) is 2.53. The van der Waals surface area contributed by atoms with Crippen molar-refractivity contribution in [3.8, 4) is 16.9 Å². The number of hydroxylamine groups is 2. The van der Waals surface area contributed by atoms with Gasteiger partial charge in [0.1, 0.15) is 6.34 Å². The maximum atomic E-state index is 13.1. The molecule has 180 valence electrons. The number of nitrogens with zero attached hydrogens (tertiary/aromatic N) is 4. The molecule has 1 amide bonds. The SMILES string of the molecule is CON(C)C(=O)c1c(C)c(-c2ccc(Cl)cc2)n(-c2ccc(S(=O)(=O)N=CN(C)C)cc2)c1C. The second-order valence-electron chi connectivity index (χ2n) is 7.91. The molecule has 2 aromatic carbocycles. The molecular weight excluding hydrogens is 476 g/mol. The van der Waals surface area contributed by atoms with Crippen LogP contribution < -0.4 is 0 Å². The summed E-state index contributed by atoms with van der Waals surface area (Å²) in [6, 6.07) is 13.7. The van der Waals surface area contributed by atoms with Gasteiger partial charge in [-0.2, -0.15) is 8.42 Å². The Labute approximate surface area is 205 Å². The second kappa shape index (κ2) is 10.0. The molecule has 0 bridgehead atoms. The van der Waals surface area contributed by atoms with E-state index in [1.54, 1.807) is 50.3 Å². The van der Waals surface area contributed by atoms with Gasteiger partial charge >= 0.3 is 0 Å². The molecule has 0 aliphatic heterocycles. The molecule has 3 aromatic rings. The van der Waals surface area contributed by atoms with Crippen molar-refractivity contribution in [2.45, 2.75) is 18.7 Å². The first kappa shape index (κ1) is 25.5. The molecule has 0 saturated heterocycles. The summed E-state index contributed by atoms with van der Waals surface area (Å²) in [6.07, 6.45) is 1.24. The summed E-state index contributed by atoms with van der Waals surface area (Å²) in [6.45, 7) is 3.72. The minimum atomic E-state index is -3.84. The molecule has 0 atom stereocenters. The van der Waals surface area contributed by atoms with Crippen LogP contribution in [0.3, 0.4) is 0 Å². The largest absolute Gasteiger partial charge is 0.368 e. The molecule has 0 fully saturated rings. The quantitative estimate of drug-likeness (QED) is 0.273. The Bertz CT molecular complexity index is 1330. The fourth-order valence-electron chi connectivity index (χ4n) is 3.65. The molecule has 0 saturated carbocycles. The minimum Gasteiger partial charge on any atom is -0.368 e. The molecule has 1 aromatic heterocycles. The maximum Gasteiger partial charge on any atom is 0.283 e. The number of aromatic nitrogens is 1. The van der Waals surface area contributed by atoms with Crippen molar-refractivity contribution in [1.82, 2.24) is 14.5 Å². The Morgan fingerprint density at radius 1 is 1.03 bits per heavy atom. The van der Waals surface area contributed by atoms with Crippen LogP contribution in [0.4, 0.5) is 0 Å². The van der Waals surface area contributed by atoms with Crippen molar-refractivity contribution in [2.24, 2.45) is 4.40 Å². The lowest BCUT2D eigenvalue weighted by molar-refractivity contribution is -0.0757. The molecule has 10 heteroatoms. The van der Waals surface area contributed by atoms with Gasteiger partial charge in [-0.15, -0.1) is 4.40 Å². The summed E-state index contributed by atoms with van der Waals surface area (Å²) in [5.41, 5.74) is 4.31. The highest BCUT2D eigenvalue weighted by atomic mass is 35.5. The lowest BCUT2D eigenvalue weighted by atomic mass is 10.0. The Hall–Kier alpha value is -3.14. The van der Waals surface area contributed by atoms with Crippen molar-refractivity contribution >= 4 is 33.9 Å². The van der Waals surface area contributed by atoms with Crippen molar-refractivity contribution in [3.63, 3.8) is 0 Å². The van der Waals surface area contributed by atoms with Crippen molar-refractivity contribution in [2.75, 3.05) is 28.3 Å². The molecule has 0 spiro atoms. The molecule has 34 heavy (non-hydrogen) atoms. The van der Waals surface area contributed by atoms with Crippen LogP contribution in [0.5, 0.6) is 0 Å². The van der Waals surface area contributed by atoms with Gasteiger partial charge in [0.2, 0.25) is 0 Å². The number of hydrogen-bond donors (Lipinski definition) is 0. The normalized spacial score (nSPS) is 11.7. The zero-order valence-electron chi connectivity index (χ0n) is 19.9. The average Bonchev–Trinajstić information content (AvgIpc) is 3.07. The zero-order valence-corrected chi connectivity index (χ0v) is 21.5. The van der Waals surface area contributed by atoms with Crippen molar-refractivity contribution in [1.29, 1.82) is 0 Å². The fraction of sp³-hybridized carbons (Fsp3) is 0.250. The molecule has 0 aliphatic carbocycles. The van der Waals surface area contributed by atoms with Crippen LogP contribution >= 0.6 is 11.6 Å². The van der Waals surface area contributed by atoms with Crippen LogP contribution in [0.15, 0.2) is 57.8 Å². The van der Waals surface area contributed by atoms with Gasteiger partial charge in [0.25, 0.3) is 15.9 Å².